The summed E-state index contributed by atoms with van der Waals surface area (Å²) in [4.78, 5) is 0.819. The van der Waals surface area contributed by atoms with Crippen molar-refractivity contribution in [1.29, 1.82) is 0 Å². The molecule has 1 aromatic rings. The number of nitrogens with two attached hydrogens (primary N) is 1. The summed E-state index contributed by atoms with van der Waals surface area (Å²) >= 11 is 6.01. The minimum atomic E-state index is -0.958. The fourth-order valence-electron chi connectivity index (χ4n) is 2.73. The summed E-state index contributed by atoms with van der Waals surface area (Å²) < 4.78 is 12.6. The van der Waals surface area contributed by atoms with Crippen molar-refractivity contribution in [2.75, 3.05) is 5.73 Å². The Morgan fingerprint density at radius 2 is 2.11 bits per heavy atom. The summed E-state index contributed by atoms with van der Waals surface area (Å²) in [7, 11) is -0.958. The van der Waals surface area contributed by atoms with Crippen LogP contribution in [0.4, 0.5) is 5.69 Å². The lowest BCUT2D eigenvalue weighted by Crippen LogP contribution is -2.28. The Morgan fingerprint density at radius 1 is 1.39 bits per heavy atom. The molecule has 0 amide bonds. The molecule has 1 aliphatic rings. The van der Waals surface area contributed by atoms with Gasteiger partial charge in [-0.25, -0.2) is 0 Å². The summed E-state index contributed by atoms with van der Waals surface area (Å²) in [6.45, 7) is 2.19. The highest BCUT2D eigenvalue weighted by molar-refractivity contribution is 7.85. The second kappa shape index (κ2) is 6.07. The first kappa shape index (κ1) is 13.9. The molecular weight excluding hydrogens is 266 g/mol. The Morgan fingerprint density at radius 3 is 2.78 bits per heavy atom. The first-order chi connectivity index (χ1) is 8.63. The Kier molecular flexibility index (Phi) is 4.68. The number of halogens is 1. The highest BCUT2D eigenvalue weighted by Gasteiger charge is 2.29. The predicted molar refractivity (Wildman–Crippen MR) is 78.3 cm³/mol. The van der Waals surface area contributed by atoms with Crippen LogP contribution in [0.1, 0.15) is 39.0 Å². The van der Waals surface area contributed by atoms with Crippen molar-refractivity contribution < 1.29 is 4.21 Å². The molecule has 0 aliphatic heterocycles. The molecule has 4 heteroatoms. The van der Waals surface area contributed by atoms with Crippen LogP contribution in [0.3, 0.4) is 0 Å². The SMILES string of the molecule is CCC1CCCCC1S(=O)c1ccc(N)c(Cl)c1. The molecule has 3 atom stereocenters. The van der Waals surface area contributed by atoms with E-state index in [0.29, 0.717) is 16.6 Å². The maximum absolute atomic E-state index is 12.6. The van der Waals surface area contributed by atoms with Crippen molar-refractivity contribution in [1.82, 2.24) is 0 Å². The molecule has 0 saturated heterocycles. The van der Waals surface area contributed by atoms with Gasteiger partial charge in [-0.15, -0.1) is 0 Å². The molecule has 1 aromatic carbocycles. The molecule has 2 rings (SSSR count). The van der Waals surface area contributed by atoms with Gasteiger partial charge in [-0.05, 0) is 37.0 Å². The number of benzene rings is 1. The largest absolute Gasteiger partial charge is 0.398 e. The molecule has 0 bridgehead atoms. The minimum Gasteiger partial charge on any atom is -0.398 e. The average molecular weight is 286 g/mol. The van der Waals surface area contributed by atoms with E-state index in [1.807, 2.05) is 6.07 Å². The van der Waals surface area contributed by atoms with Crippen molar-refractivity contribution in [2.24, 2.45) is 5.92 Å². The van der Waals surface area contributed by atoms with Crippen LogP contribution in [0, 0.1) is 5.92 Å². The van der Waals surface area contributed by atoms with Crippen LogP contribution in [0.5, 0.6) is 0 Å². The second-order valence-corrected chi connectivity index (χ2v) is 7.05. The molecule has 3 unspecified atom stereocenters. The number of hydrogen-bond acceptors (Lipinski definition) is 2. The fourth-order valence-corrected chi connectivity index (χ4v) is 4.82. The highest BCUT2D eigenvalue weighted by Crippen LogP contribution is 2.34. The Hall–Kier alpha value is -0.540. The zero-order chi connectivity index (χ0) is 13.1. The van der Waals surface area contributed by atoms with Crippen molar-refractivity contribution in [3.05, 3.63) is 23.2 Å². The Labute approximate surface area is 116 Å². The van der Waals surface area contributed by atoms with Gasteiger partial charge in [-0.2, -0.15) is 0 Å². The van der Waals surface area contributed by atoms with Gasteiger partial charge in [0, 0.05) is 10.1 Å². The standard InChI is InChI=1S/C14H20ClNOS/c1-2-10-5-3-4-6-14(10)18(17)11-7-8-13(16)12(15)9-11/h7-10,14H,2-6,16H2,1H3. The third-order valence-corrected chi connectivity index (χ3v) is 6.06. The van der Waals surface area contributed by atoms with E-state index in [0.717, 1.165) is 17.7 Å². The van der Waals surface area contributed by atoms with Gasteiger partial charge in [-0.3, -0.25) is 4.21 Å². The topological polar surface area (TPSA) is 43.1 Å². The smallest absolute Gasteiger partial charge is 0.0647 e. The van der Waals surface area contributed by atoms with Crippen LogP contribution < -0.4 is 5.73 Å². The van der Waals surface area contributed by atoms with Gasteiger partial charge in [0.25, 0.3) is 0 Å². The van der Waals surface area contributed by atoms with Gasteiger partial charge in [0.05, 0.1) is 21.5 Å². The number of anilines is 1. The molecule has 0 aromatic heterocycles. The van der Waals surface area contributed by atoms with Gasteiger partial charge >= 0.3 is 0 Å². The molecule has 1 aliphatic carbocycles. The van der Waals surface area contributed by atoms with E-state index in [1.165, 1.54) is 19.3 Å². The van der Waals surface area contributed by atoms with Crippen LogP contribution in [0.15, 0.2) is 23.1 Å². The van der Waals surface area contributed by atoms with Crippen molar-refractivity contribution in [2.45, 2.75) is 49.2 Å². The summed E-state index contributed by atoms with van der Waals surface area (Å²) in [6.07, 6.45) is 5.84. The van der Waals surface area contributed by atoms with E-state index in [2.05, 4.69) is 6.92 Å². The molecule has 100 valence electrons. The Bertz CT molecular complexity index is 449. The zero-order valence-corrected chi connectivity index (χ0v) is 12.3. The summed E-state index contributed by atoms with van der Waals surface area (Å²) in [5.41, 5.74) is 6.24. The lowest BCUT2D eigenvalue weighted by atomic mass is 9.87. The van der Waals surface area contributed by atoms with E-state index in [1.54, 1.807) is 12.1 Å². The van der Waals surface area contributed by atoms with Crippen LogP contribution >= 0.6 is 11.6 Å². The van der Waals surface area contributed by atoms with E-state index < -0.39 is 10.8 Å². The molecule has 0 radical (unpaired) electrons. The van der Waals surface area contributed by atoms with E-state index in [4.69, 9.17) is 17.3 Å². The lowest BCUT2D eigenvalue weighted by molar-refractivity contribution is 0.355. The summed E-state index contributed by atoms with van der Waals surface area (Å²) in [6, 6.07) is 5.35. The maximum atomic E-state index is 12.6. The minimum absolute atomic E-state index is 0.281. The fraction of sp³-hybridized carbons (Fsp3) is 0.571. The molecule has 1 saturated carbocycles. The molecule has 0 heterocycles. The van der Waals surface area contributed by atoms with Crippen LogP contribution in [-0.2, 0) is 10.8 Å². The quantitative estimate of drug-likeness (QED) is 0.853. The third-order valence-electron chi connectivity index (χ3n) is 3.84. The van der Waals surface area contributed by atoms with Crippen molar-refractivity contribution >= 4 is 28.1 Å². The zero-order valence-electron chi connectivity index (χ0n) is 10.7. The van der Waals surface area contributed by atoms with Crippen LogP contribution in [0.25, 0.3) is 0 Å². The summed E-state index contributed by atoms with van der Waals surface area (Å²) in [5.74, 6) is 0.580. The number of hydrogen-bond donors (Lipinski definition) is 1. The third kappa shape index (κ3) is 2.89. The molecule has 18 heavy (non-hydrogen) atoms. The second-order valence-electron chi connectivity index (χ2n) is 4.97. The van der Waals surface area contributed by atoms with Gasteiger partial charge in [0.2, 0.25) is 0 Å². The molecule has 1 fully saturated rings. The lowest BCUT2D eigenvalue weighted by Gasteiger charge is -2.30. The van der Waals surface area contributed by atoms with Crippen molar-refractivity contribution in [3.8, 4) is 0 Å². The molecule has 0 spiro atoms. The first-order valence-corrected chi connectivity index (χ1v) is 8.18. The first-order valence-electron chi connectivity index (χ1n) is 6.59. The molecule has 2 nitrogen and oxygen atoms in total. The van der Waals surface area contributed by atoms with Gasteiger partial charge in [0.15, 0.2) is 0 Å². The number of nitrogen functional groups attached to an aromatic ring is 1. The van der Waals surface area contributed by atoms with Crippen molar-refractivity contribution in [3.63, 3.8) is 0 Å². The van der Waals surface area contributed by atoms with E-state index >= 15 is 0 Å². The highest BCUT2D eigenvalue weighted by atomic mass is 35.5. The van der Waals surface area contributed by atoms with Gasteiger partial charge < -0.3 is 5.73 Å². The number of rotatable bonds is 3. The maximum Gasteiger partial charge on any atom is 0.0647 e. The normalized spacial score (nSPS) is 25.9. The van der Waals surface area contributed by atoms with E-state index in [9.17, 15) is 4.21 Å². The predicted octanol–water partition coefficient (Wildman–Crippen LogP) is 4.00. The van der Waals surface area contributed by atoms with E-state index in [-0.39, 0.29) is 5.25 Å². The van der Waals surface area contributed by atoms with Gasteiger partial charge in [-0.1, -0.05) is 37.8 Å². The monoisotopic (exact) mass is 285 g/mol. The average Bonchev–Trinajstić information content (AvgIpc) is 2.41. The molecule has 2 N–H and O–H groups in total. The van der Waals surface area contributed by atoms with Crippen LogP contribution in [-0.4, -0.2) is 9.46 Å². The molecular formula is C14H20ClNOS. The summed E-state index contributed by atoms with van der Waals surface area (Å²) in [5, 5.41) is 0.785. The van der Waals surface area contributed by atoms with Crippen LogP contribution in [0.2, 0.25) is 5.02 Å². The van der Waals surface area contributed by atoms with Gasteiger partial charge in [0.1, 0.15) is 0 Å². The Balaban J connectivity index is 2.21.